The van der Waals surface area contributed by atoms with Crippen LogP contribution < -0.4 is 5.32 Å². The van der Waals surface area contributed by atoms with E-state index in [9.17, 15) is 4.79 Å². The Morgan fingerprint density at radius 3 is 2.27 bits per heavy atom. The normalized spacial score (nSPS) is 12.5. The van der Waals surface area contributed by atoms with Crippen LogP contribution in [0.3, 0.4) is 0 Å². The number of amides is 1. The molecule has 3 aromatic rings. The number of hydrogen-bond donors (Lipinski definition) is 1. The minimum atomic E-state index is -0.339. The number of nitrogens with zero attached hydrogens (tertiary/aromatic N) is 3. The average molecular weight is 463 g/mol. The molecule has 1 unspecified atom stereocenters. The number of carbonyl (C=O) groups is 1. The van der Waals surface area contributed by atoms with Crippen LogP contribution in [-0.4, -0.2) is 25.9 Å². The number of carbonyl (C=O) groups excluding carboxylic acids is 1. The lowest BCUT2D eigenvalue weighted by Gasteiger charge is -2.19. The third-order valence-electron chi connectivity index (χ3n) is 5.61. The zero-order valence-electron chi connectivity index (χ0n) is 20.7. The molecular weight excluding hydrogens is 428 g/mol. The molecule has 1 heterocycles. The molecule has 6 heteroatoms. The van der Waals surface area contributed by atoms with Gasteiger partial charge in [0, 0.05) is 17.8 Å². The highest BCUT2D eigenvalue weighted by atomic mass is 32.2. The molecule has 0 radical (unpaired) electrons. The van der Waals surface area contributed by atoms with Crippen molar-refractivity contribution < 1.29 is 4.79 Å². The molecule has 1 aromatic heterocycles. The zero-order chi connectivity index (χ0) is 24.3. The summed E-state index contributed by atoms with van der Waals surface area (Å²) in [6, 6.07) is 12.6. The van der Waals surface area contributed by atoms with Crippen molar-refractivity contribution in [2.24, 2.45) is 0 Å². The highest BCUT2D eigenvalue weighted by molar-refractivity contribution is 8.00. The summed E-state index contributed by atoms with van der Waals surface area (Å²) in [7, 11) is 0. The van der Waals surface area contributed by atoms with Gasteiger partial charge in [0.1, 0.15) is 0 Å². The maximum absolute atomic E-state index is 13.0. The summed E-state index contributed by atoms with van der Waals surface area (Å²) in [4.78, 5) is 13.0. The SMILES string of the molecule is C=CCn1c(SC(C)C(=O)Nc2c(C)cc(C)cc2C)nnc1-c1ccc(C(C)(C)C)cc1. The first-order valence-corrected chi connectivity index (χ1v) is 12.1. The van der Waals surface area contributed by atoms with Crippen molar-refractivity contribution in [1.29, 1.82) is 0 Å². The Labute approximate surface area is 201 Å². The summed E-state index contributed by atoms with van der Waals surface area (Å²) >= 11 is 1.40. The van der Waals surface area contributed by atoms with E-state index < -0.39 is 0 Å². The molecule has 0 aliphatic carbocycles. The predicted molar refractivity (Wildman–Crippen MR) is 139 cm³/mol. The lowest BCUT2D eigenvalue weighted by molar-refractivity contribution is -0.115. The highest BCUT2D eigenvalue weighted by Gasteiger charge is 2.22. The fraction of sp³-hybridized carbons (Fsp3) is 0.370. The minimum absolute atomic E-state index is 0.0562. The van der Waals surface area contributed by atoms with Crippen LogP contribution in [0.4, 0.5) is 5.69 Å². The van der Waals surface area contributed by atoms with Crippen LogP contribution in [-0.2, 0) is 16.8 Å². The molecule has 1 amide bonds. The number of allylic oxidation sites excluding steroid dienone is 1. The number of aryl methyl sites for hydroxylation is 3. The van der Waals surface area contributed by atoms with Crippen molar-refractivity contribution in [3.63, 3.8) is 0 Å². The Kier molecular flexibility index (Phi) is 7.48. The predicted octanol–water partition coefficient (Wildman–Crippen LogP) is 6.47. The van der Waals surface area contributed by atoms with Gasteiger partial charge in [0.05, 0.1) is 5.25 Å². The highest BCUT2D eigenvalue weighted by Crippen LogP contribution is 2.30. The molecule has 2 aromatic carbocycles. The van der Waals surface area contributed by atoms with E-state index in [0.29, 0.717) is 11.7 Å². The summed E-state index contributed by atoms with van der Waals surface area (Å²) in [6.07, 6.45) is 1.82. The molecule has 0 bridgehead atoms. The van der Waals surface area contributed by atoms with E-state index in [1.54, 1.807) is 0 Å². The molecule has 0 saturated heterocycles. The Bertz CT molecular complexity index is 1130. The molecule has 0 fully saturated rings. The lowest BCUT2D eigenvalue weighted by atomic mass is 9.87. The second-order valence-corrected chi connectivity index (χ2v) is 10.9. The number of anilines is 1. The molecule has 0 aliphatic heterocycles. The molecule has 5 nitrogen and oxygen atoms in total. The van der Waals surface area contributed by atoms with Gasteiger partial charge in [-0.1, -0.05) is 80.6 Å². The number of aromatic nitrogens is 3. The van der Waals surface area contributed by atoms with Crippen LogP contribution in [0.1, 0.15) is 49.9 Å². The summed E-state index contributed by atoms with van der Waals surface area (Å²) in [6.45, 7) is 19.0. The second-order valence-electron chi connectivity index (χ2n) is 9.56. The number of rotatable bonds is 7. The first-order chi connectivity index (χ1) is 15.5. The van der Waals surface area contributed by atoms with E-state index in [4.69, 9.17) is 0 Å². The van der Waals surface area contributed by atoms with Gasteiger partial charge < -0.3 is 5.32 Å². The average Bonchev–Trinajstić information content (AvgIpc) is 3.12. The molecule has 1 N–H and O–H groups in total. The van der Waals surface area contributed by atoms with Crippen molar-refractivity contribution in [1.82, 2.24) is 14.8 Å². The zero-order valence-corrected chi connectivity index (χ0v) is 21.5. The van der Waals surface area contributed by atoms with Gasteiger partial charge in [0.25, 0.3) is 0 Å². The Morgan fingerprint density at radius 2 is 1.73 bits per heavy atom. The first-order valence-electron chi connectivity index (χ1n) is 11.2. The van der Waals surface area contributed by atoms with E-state index in [1.165, 1.54) is 22.9 Å². The third-order valence-corrected chi connectivity index (χ3v) is 6.69. The first kappa shape index (κ1) is 24.8. The third kappa shape index (κ3) is 5.74. The van der Waals surface area contributed by atoms with Gasteiger partial charge in [0.2, 0.25) is 5.91 Å². The van der Waals surface area contributed by atoms with Crippen LogP contribution in [0, 0.1) is 20.8 Å². The van der Waals surface area contributed by atoms with Crippen LogP contribution in [0.5, 0.6) is 0 Å². The second kappa shape index (κ2) is 9.96. The summed E-state index contributed by atoms with van der Waals surface area (Å²) in [5.41, 5.74) is 6.54. The Morgan fingerprint density at radius 1 is 1.12 bits per heavy atom. The maximum Gasteiger partial charge on any atom is 0.237 e. The largest absolute Gasteiger partial charge is 0.325 e. The van der Waals surface area contributed by atoms with Crippen molar-refractivity contribution in [3.05, 3.63) is 71.3 Å². The van der Waals surface area contributed by atoms with Crippen LogP contribution in [0.2, 0.25) is 0 Å². The Balaban J connectivity index is 1.82. The van der Waals surface area contributed by atoms with Crippen LogP contribution >= 0.6 is 11.8 Å². The van der Waals surface area contributed by atoms with Gasteiger partial charge in [-0.2, -0.15) is 0 Å². The minimum Gasteiger partial charge on any atom is -0.325 e. The van der Waals surface area contributed by atoms with Crippen molar-refractivity contribution in [3.8, 4) is 11.4 Å². The maximum atomic E-state index is 13.0. The lowest BCUT2D eigenvalue weighted by Crippen LogP contribution is -2.24. The smallest absolute Gasteiger partial charge is 0.237 e. The van der Waals surface area contributed by atoms with Crippen molar-refractivity contribution in [2.45, 2.75) is 70.8 Å². The van der Waals surface area contributed by atoms with E-state index in [1.807, 2.05) is 31.4 Å². The number of nitrogens with one attached hydrogen (secondary N) is 1. The van der Waals surface area contributed by atoms with Gasteiger partial charge in [-0.15, -0.1) is 16.8 Å². The van der Waals surface area contributed by atoms with Crippen molar-refractivity contribution >= 4 is 23.4 Å². The standard InChI is InChI=1S/C27H34N4OS/c1-9-14-31-24(21-10-12-22(13-11-21)27(6,7)8)29-30-26(31)33-20(5)25(32)28-23-18(3)15-17(2)16-19(23)4/h9-13,15-16,20H,1,14H2,2-8H3,(H,28,32). The molecule has 3 rings (SSSR count). The Hall–Kier alpha value is -2.86. The topological polar surface area (TPSA) is 59.8 Å². The fourth-order valence-electron chi connectivity index (χ4n) is 3.82. The molecule has 33 heavy (non-hydrogen) atoms. The summed E-state index contributed by atoms with van der Waals surface area (Å²) < 4.78 is 2.01. The fourth-order valence-corrected chi connectivity index (χ4v) is 4.67. The molecule has 1 atom stereocenters. The molecule has 174 valence electrons. The molecule has 0 aliphatic rings. The van der Waals surface area contributed by atoms with E-state index in [2.05, 4.69) is 86.2 Å². The number of hydrogen-bond acceptors (Lipinski definition) is 4. The van der Waals surface area contributed by atoms with Crippen molar-refractivity contribution in [2.75, 3.05) is 5.32 Å². The summed E-state index contributed by atoms with van der Waals surface area (Å²) in [5, 5.41) is 12.3. The van der Waals surface area contributed by atoms with Gasteiger partial charge in [-0.25, -0.2) is 0 Å². The van der Waals surface area contributed by atoms with E-state index in [-0.39, 0.29) is 16.6 Å². The van der Waals surface area contributed by atoms with Gasteiger partial charge in [-0.3, -0.25) is 9.36 Å². The summed E-state index contributed by atoms with van der Waals surface area (Å²) in [5.74, 6) is 0.718. The molecular formula is C27H34N4OS. The van der Waals surface area contributed by atoms with E-state index in [0.717, 1.165) is 28.2 Å². The van der Waals surface area contributed by atoms with Crippen LogP contribution in [0.25, 0.3) is 11.4 Å². The molecule has 0 spiro atoms. The van der Waals surface area contributed by atoms with E-state index >= 15 is 0 Å². The number of benzene rings is 2. The quantitative estimate of drug-likeness (QED) is 0.323. The van der Waals surface area contributed by atoms with Gasteiger partial charge in [0.15, 0.2) is 11.0 Å². The van der Waals surface area contributed by atoms with Gasteiger partial charge >= 0.3 is 0 Å². The van der Waals surface area contributed by atoms with Crippen LogP contribution in [0.15, 0.2) is 54.2 Å². The number of thioether (sulfide) groups is 1. The molecule has 0 saturated carbocycles. The monoisotopic (exact) mass is 462 g/mol. The van der Waals surface area contributed by atoms with Gasteiger partial charge in [-0.05, 0) is 49.8 Å².